The molecule has 0 saturated heterocycles. The minimum absolute atomic E-state index is 0.151. The monoisotopic (exact) mass is 374 g/mol. The number of nitrogens with one attached hydrogen (secondary N) is 2. The van der Waals surface area contributed by atoms with Crippen LogP contribution in [0.1, 0.15) is 16.1 Å². The maximum absolute atomic E-state index is 12.8. The molecule has 0 saturated carbocycles. The molecule has 7 heteroatoms. The molecule has 2 amide bonds. The number of rotatable bonds is 6. The molecule has 0 aliphatic rings. The van der Waals surface area contributed by atoms with Gasteiger partial charge in [0.25, 0.3) is 5.91 Å². The van der Waals surface area contributed by atoms with E-state index in [4.69, 9.17) is 16.0 Å². The lowest BCUT2D eigenvalue weighted by Crippen LogP contribution is -2.35. The van der Waals surface area contributed by atoms with E-state index >= 15 is 0 Å². The van der Waals surface area contributed by atoms with E-state index in [0.29, 0.717) is 16.2 Å². The molecule has 26 heavy (non-hydrogen) atoms. The molecule has 3 aromatic rings. The molecule has 0 unspecified atom stereocenters. The smallest absolute Gasteiger partial charge is 0.287 e. The van der Waals surface area contributed by atoms with E-state index < -0.39 is 0 Å². The third kappa shape index (κ3) is 4.61. The van der Waals surface area contributed by atoms with Crippen molar-refractivity contribution in [1.82, 2.24) is 10.6 Å². The van der Waals surface area contributed by atoms with Crippen LogP contribution in [-0.2, 0) is 11.2 Å². The molecule has 3 rings (SSSR count). The number of carbonyl (C=O) groups excluding carboxylic acids is 2. The van der Waals surface area contributed by atoms with Crippen molar-refractivity contribution in [2.24, 2.45) is 0 Å². The van der Waals surface area contributed by atoms with Gasteiger partial charge in [0.05, 0.1) is 6.42 Å². The summed E-state index contributed by atoms with van der Waals surface area (Å²) in [5, 5.41) is 6.67. The lowest BCUT2D eigenvalue weighted by Gasteiger charge is -2.06. The third-order valence-electron chi connectivity index (χ3n) is 3.71. The zero-order valence-corrected chi connectivity index (χ0v) is 14.5. The summed E-state index contributed by atoms with van der Waals surface area (Å²) in [6, 6.07) is 12.5. The lowest BCUT2D eigenvalue weighted by atomic mass is 10.1. The van der Waals surface area contributed by atoms with Crippen molar-refractivity contribution >= 4 is 34.4 Å². The average molecular weight is 375 g/mol. The van der Waals surface area contributed by atoms with Gasteiger partial charge in [-0.2, -0.15) is 0 Å². The first-order chi connectivity index (χ1) is 12.5. The number of hydrogen-bond donors (Lipinski definition) is 2. The molecule has 1 aromatic heterocycles. The Morgan fingerprint density at radius 2 is 1.73 bits per heavy atom. The Morgan fingerprint density at radius 1 is 1.00 bits per heavy atom. The number of furan rings is 1. The van der Waals surface area contributed by atoms with Crippen LogP contribution in [0.15, 0.2) is 52.9 Å². The van der Waals surface area contributed by atoms with Crippen molar-refractivity contribution in [1.29, 1.82) is 0 Å². The number of benzene rings is 2. The molecule has 0 spiro atoms. The minimum Gasteiger partial charge on any atom is -0.451 e. The van der Waals surface area contributed by atoms with Gasteiger partial charge in [-0.1, -0.05) is 23.7 Å². The normalized spacial score (nSPS) is 10.7. The van der Waals surface area contributed by atoms with Gasteiger partial charge in [-0.3, -0.25) is 9.59 Å². The largest absolute Gasteiger partial charge is 0.451 e. The standard InChI is InChI=1S/C19H16ClFN2O3/c20-14-3-6-16-13(10-14)11-17(26-16)19(25)23-8-7-22-18(24)9-12-1-4-15(21)5-2-12/h1-6,10-11H,7-9H2,(H,22,24)(H,23,25). The summed E-state index contributed by atoms with van der Waals surface area (Å²) in [6.45, 7) is 0.531. The second-order valence-electron chi connectivity index (χ2n) is 5.70. The number of halogens is 2. The van der Waals surface area contributed by atoms with Crippen molar-refractivity contribution in [3.63, 3.8) is 0 Å². The van der Waals surface area contributed by atoms with Gasteiger partial charge in [0.15, 0.2) is 5.76 Å². The Kier molecular flexibility index (Phi) is 5.53. The summed E-state index contributed by atoms with van der Waals surface area (Å²) < 4.78 is 18.3. The summed E-state index contributed by atoms with van der Waals surface area (Å²) in [5.41, 5.74) is 1.29. The van der Waals surface area contributed by atoms with Crippen molar-refractivity contribution in [3.05, 3.63) is 70.7 Å². The first-order valence-electron chi connectivity index (χ1n) is 8.00. The van der Waals surface area contributed by atoms with Crippen LogP contribution < -0.4 is 10.6 Å². The van der Waals surface area contributed by atoms with E-state index in [1.807, 2.05) is 0 Å². The summed E-state index contributed by atoms with van der Waals surface area (Å²) in [5.74, 6) is -0.737. The Hall–Kier alpha value is -2.86. The molecule has 1 heterocycles. The quantitative estimate of drug-likeness (QED) is 0.650. The Balaban J connectivity index is 1.44. The SMILES string of the molecule is O=C(Cc1ccc(F)cc1)NCCNC(=O)c1cc2cc(Cl)ccc2o1. The summed E-state index contributed by atoms with van der Waals surface area (Å²) in [7, 11) is 0. The van der Waals surface area contributed by atoms with Gasteiger partial charge in [0.2, 0.25) is 5.91 Å². The predicted octanol–water partition coefficient (Wildman–Crippen LogP) is 3.31. The highest BCUT2D eigenvalue weighted by Gasteiger charge is 2.12. The highest BCUT2D eigenvalue weighted by atomic mass is 35.5. The zero-order valence-electron chi connectivity index (χ0n) is 13.7. The van der Waals surface area contributed by atoms with E-state index in [2.05, 4.69) is 10.6 Å². The van der Waals surface area contributed by atoms with E-state index in [0.717, 1.165) is 5.39 Å². The van der Waals surface area contributed by atoms with Crippen molar-refractivity contribution in [2.45, 2.75) is 6.42 Å². The molecule has 0 atom stereocenters. The van der Waals surface area contributed by atoms with E-state index in [9.17, 15) is 14.0 Å². The van der Waals surface area contributed by atoms with E-state index in [1.54, 1.807) is 36.4 Å². The molecule has 0 aliphatic carbocycles. The van der Waals surface area contributed by atoms with Crippen molar-refractivity contribution < 1.29 is 18.4 Å². The van der Waals surface area contributed by atoms with Crippen molar-refractivity contribution in [3.8, 4) is 0 Å². The number of fused-ring (bicyclic) bond motifs is 1. The molecular weight excluding hydrogens is 359 g/mol. The highest BCUT2D eigenvalue weighted by Crippen LogP contribution is 2.22. The van der Waals surface area contributed by atoms with Gasteiger partial charge in [-0.05, 0) is 42.0 Å². The molecule has 134 valence electrons. The van der Waals surface area contributed by atoms with Crippen LogP contribution in [0.5, 0.6) is 0 Å². The third-order valence-corrected chi connectivity index (χ3v) is 3.95. The Labute approximate surface area is 154 Å². The molecule has 0 radical (unpaired) electrons. The van der Waals surface area contributed by atoms with Crippen molar-refractivity contribution in [2.75, 3.05) is 13.1 Å². The molecule has 2 N–H and O–H groups in total. The number of hydrogen-bond acceptors (Lipinski definition) is 3. The highest BCUT2D eigenvalue weighted by molar-refractivity contribution is 6.31. The molecule has 0 aliphatic heterocycles. The van der Waals surface area contributed by atoms with E-state index in [1.165, 1.54) is 12.1 Å². The van der Waals surface area contributed by atoms with Gasteiger partial charge in [-0.25, -0.2) is 4.39 Å². The van der Waals surface area contributed by atoms with Crippen LogP contribution in [0.3, 0.4) is 0 Å². The fraction of sp³-hybridized carbons (Fsp3) is 0.158. The Bertz CT molecular complexity index is 938. The first-order valence-corrected chi connectivity index (χ1v) is 8.37. The fourth-order valence-electron chi connectivity index (χ4n) is 2.44. The van der Waals surface area contributed by atoms with Gasteiger partial charge in [0, 0.05) is 23.5 Å². The van der Waals surface area contributed by atoms with Crippen LogP contribution in [-0.4, -0.2) is 24.9 Å². The van der Waals surface area contributed by atoms with Gasteiger partial charge in [0.1, 0.15) is 11.4 Å². The summed E-state index contributed by atoms with van der Waals surface area (Å²) in [6.07, 6.45) is 0.151. The summed E-state index contributed by atoms with van der Waals surface area (Å²) >= 11 is 5.90. The van der Waals surface area contributed by atoms with Gasteiger partial charge >= 0.3 is 0 Å². The lowest BCUT2D eigenvalue weighted by molar-refractivity contribution is -0.120. The maximum atomic E-state index is 12.8. The second-order valence-corrected chi connectivity index (χ2v) is 6.14. The molecular formula is C19H16ClFN2O3. The topological polar surface area (TPSA) is 71.3 Å². The predicted molar refractivity (Wildman–Crippen MR) is 96.7 cm³/mol. The fourth-order valence-corrected chi connectivity index (χ4v) is 2.62. The van der Waals surface area contributed by atoms with Gasteiger partial charge < -0.3 is 15.1 Å². The molecule has 5 nitrogen and oxygen atoms in total. The second kappa shape index (κ2) is 8.01. The van der Waals surface area contributed by atoms with Crippen LogP contribution >= 0.6 is 11.6 Å². The Morgan fingerprint density at radius 3 is 2.50 bits per heavy atom. The first kappa shape index (κ1) is 17.9. The van der Waals surface area contributed by atoms with Crippen LogP contribution in [0.2, 0.25) is 5.02 Å². The average Bonchev–Trinajstić information content (AvgIpc) is 3.04. The number of amides is 2. The molecule has 0 fully saturated rings. The van der Waals surface area contributed by atoms with Crippen LogP contribution in [0.25, 0.3) is 11.0 Å². The number of carbonyl (C=O) groups is 2. The summed E-state index contributed by atoms with van der Waals surface area (Å²) in [4.78, 5) is 23.9. The maximum Gasteiger partial charge on any atom is 0.287 e. The van der Waals surface area contributed by atoms with E-state index in [-0.39, 0.29) is 42.9 Å². The minimum atomic E-state index is -0.370. The zero-order chi connectivity index (χ0) is 18.5. The molecule has 0 bridgehead atoms. The van der Waals surface area contributed by atoms with Gasteiger partial charge in [-0.15, -0.1) is 0 Å². The van der Waals surface area contributed by atoms with Crippen LogP contribution in [0.4, 0.5) is 4.39 Å². The molecule has 2 aromatic carbocycles. The van der Waals surface area contributed by atoms with Crippen LogP contribution in [0, 0.1) is 5.82 Å².